The molecule has 0 N–H and O–H groups in total. The number of nitrogens with zero attached hydrogens (tertiary/aromatic N) is 3. The lowest BCUT2D eigenvalue weighted by Crippen LogP contribution is -2.35. The second-order valence-corrected chi connectivity index (χ2v) is 5.68. The second-order valence-electron chi connectivity index (χ2n) is 5.27. The minimum absolute atomic E-state index is 0.119. The Balaban J connectivity index is 1.71. The Bertz CT molecular complexity index is 629. The molecule has 0 aliphatic carbocycles. The molecule has 1 unspecified atom stereocenters. The lowest BCUT2D eigenvalue weighted by molar-refractivity contribution is -0.112. The maximum Gasteiger partial charge on any atom is 0.259 e. The van der Waals surface area contributed by atoms with E-state index in [1.807, 2.05) is 18.2 Å². The number of aldehydes is 1. The minimum Gasteiger partial charge on any atom is -0.334 e. The van der Waals surface area contributed by atoms with Gasteiger partial charge in [-0.2, -0.15) is 4.98 Å². The van der Waals surface area contributed by atoms with Gasteiger partial charge in [0.2, 0.25) is 0 Å². The third-order valence-electron chi connectivity index (χ3n) is 3.67. The first-order valence-corrected chi connectivity index (χ1v) is 7.39. The van der Waals surface area contributed by atoms with Crippen molar-refractivity contribution in [2.75, 3.05) is 13.1 Å². The summed E-state index contributed by atoms with van der Waals surface area (Å²) in [6.45, 7) is 2.32. The topological polar surface area (TPSA) is 59.2 Å². The van der Waals surface area contributed by atoms with Crippen LogP contribution in [-0.2, 0) is 11.3 Å². The van der Waals surface area contributed by atoms with E-state index in [9.17, 15) is 4.79 Å². The first-order valence-electron chi connectivity index (χ1n) is 7.01. The fourth-order valence-electron chi connectivity index (χ4n) is 2.61. The van der Waals surface area contributed by atoms with Crippen LogP contribution in [0, 0.1) is 5.92 Å². The van der Waals surface area contributed by atoms with Crippen LogP contribution in [0.3, 0.4) is 0 Å². The molecule has 0 bridgehead atoms. The highest BCUT2D eigenvalue weighted by molar-refractivity contribution is 6.33. The van der Waals surface area contributed by atoms with Gasteiger partial charge < -0.3 is 9.32 Å². The standard InChI is InChI=1S/C15H16ClN3O2/c16-13-6-2-1-5-12(13)15-17-14(18-21-15)9-19-7-3-4-11(8-19)10-20/h1-2,5-6,10-11H,3-4,7-9H2. The van der Waals surface area contributed by atoms with Gasteiger partial charge in [0.15, 0.2) is 5.82 Å². The molecule has 1 aliphatic rings. The number of hydrogen-bond donors (Lipinski definition) is 0. The zero-order valence-corrected chi connectivity index (χ0v) is 12.3. The van der Waals surface area contributed by atoms with Gasteiger partial charge in [0.05, 0.1) is 17.1 Å². The Hall–Kier alpha value is -1.72. The van der Waals surface area contributed by atoms with Crippen LogP contribution in [0.1, 0.15) is 18.7 Å². The van der Waals surface area contributed by atoms with Crippen LogP contribution in [0.4, 0.5) is 0 Å². The highest BCUT2D eigenvalue weighted by Gasteiger charge is 2.21. The van der Waals surface area contributed by atoms with Crippen LogP contribution in [0.5, 0.6) is 0 Å². The van der Waals surface area contributed by atoms with E-state index < -0.39 is 0 Å². The molecule has 1 fully saturated rings. The fraction of sp³-hybridized carbons (Fsp3) is 0.400. The average Bonchev–Trinajstić information content (AvgIpc) is 2.96. The molecule has 0 saturated carbocycles. The predicted molar refractivity (Wildman–Crippen MR) is 78.8 cm³/mol. The predicted octanol–water partition coefficient (Wildman–Crippen LogP) is 2.80. The molecule has 1 aromatic carbocycles. The first kappa shape index (κ1) is 14.2. The Morgan fingerprint density at radius 2 is 2.29 bits per heavy atom. The van der Waals surface area contributed by atoms with Crippen LogP contribution >= 0.6 is 11.6 Å². The Morgan fingerprint density at radius 3 is 3.10 bits per heavy atom. The van der Waals surface area contributed by atoms with Crippen molar-refractivity contribution in [3.05, 3.63) is 35.1 Å². The summed E-state index contributed by atoms with van der Waals surface area (Å²) >= 11 is 6.12. The van der Waals surface area contributed by atoms with E-state index in [0.717, 1.165) is 37.8 Å². The zero-order chi connectivity index (χ0) is 14.7. The van der Waals surface area contributed by atoms with Crippen LogP contribution in [0.25, 0.3) is 11.5 Å². The largest absolute Gasteiger partial charge is 0.334 e. The monoisotopic (exact) mass is 305 g/mol. The smallest absolute Gasteiger partial charge is 0.259 e. The molecule has 1 aromatic heterocycles. The summed E-state index contributed by atoms with van der Waals surface area (Å²) in [5.41, 5.74) is 0.738. The molecule has 2 heterocycles. The number of piperidine rings is 1. The molecule has 3 rings (SSSR count). The molecule has 0 amide bonds. The van der Waals surface area contributed by atoms with E-state index in [0.29, 0.717) is 23.3 Å². The van der Waals surface area contributed by atoms with Crippen molar-refractivity contribution >= 4 is 17.9 Å². The number of carbonyl (C=O) groups excluding carboxylic acids is 1. The van der Waals surface area contributed by atoms with Crippen LogP contribution in [0.15, 0.2) is 28.8 Å². The highest BCUT2D eigenvalue weighted by Crippen LogP contribution is 2.26. The molecule has 6 heteroatoms. The van der Waals surface area contributed by atoms with Gasteiger partial charge in [0.25, 0.3) is 5.89 Å². The maximum absolute atomic E-state index is 10.9. The second kappa shape index (κ2) is 6.37. The van der Waals surface area contributed by atoms with E-state index in [1.54, 1.807) is 6.07 Å². The van der Waals surface area contributed by atoms with Crippen molar-refractivity contribution in [2.45, 2.75) is 19.4 Å². The van der Waals surface area contributed by atoms with Crippen molar-refractivity contribution in [1.29, 1.82) is 0 Å². The average molecular weight is 306 g/mol. The van der Waals surface area contributed by atoms with Crippen molar-refractivity contribution in [3.63, 3.8) is 0 Å². The summed E-state index contributed by atoms with van der Waals surface area (Å²) in [5, 5.41) is 4.59. The minimum atomic E-state index is 0.119. The summed E-state index contributed by atoms with van der Waals surface area (Å²) in [6.07, 6.45) is 3.04. The van der Waals surface area contributed by atoms with Crippen LogP contribution < -0.4 is 0 Å². The van der Waals surface area contributed by atoms with Gasteiger partial charge in [-0.05, 0) is 31.5 Å². The fourth-order valence-corrected chi connectivity index (χ4v) is 2.82. The molecule has 1 aliphatic heterocycles. The number of carbonyl (C=O) groups is 1. The Morgan fingerprint density at radius 1 is 1.43 bits per heavy atom. The normalized spacial score (nSPS) is 19.6. The first-order chi connectivity index (χ1) is 10.3. The summed E-state index contributed by atoms with van der Waals surface area (Å²) in [5.74, 6) is 1.17. The molecule has 21 heavy (non-hydrogen) atoms. The highest BCUT2D eigenvalue weighted by atomic mass is 35.5. The molecular formula is C15H16ClN3O2. The van der Waals surface area contributed by atoms with Crippen molar-refractivity contribution in [2.24, 2.45) is 5.92 Å². The van der Waals surface area contributed by atoms with E-state index in [4.69, 9.17) is 16.1 Å². The molecule has 0 radical (unpaired) electrons. The van der Waals surface area contributed by atoms with Crippen molar-refractivity contribution in [1.82, 2.24) is 15.0 Å². The summed E-state index contributed by atoms with van der Waals surface area (Å²) in [4.78, 5) is 17.5. The van der Waals surface area contributed by atoms with E-state index >= 15 is 0 Å². The molecule has 1 saturated heterocycles. The molecule has 110 valence electrons. The van der Waals surface area contributed by atoms with Crippen molar-refractivity contribution < 1.29 is 9.32 Å². The number of rotatable bonds is 4. The van der Waals surface area contributed by atoms with Gasteiger partial charge in [-0.25, -0.2) is 0 Å². The third kappa shape index (κ3) is 3.31. The molecule has 1 atom stereocenters. The van der Waals surface area contributed by atoms with Gasteiger partial charge in [-0.3, -0.25) is 4.90 Å². The van der Waals surface area contributed by atoms with Gasteiger partial charge in [0, 0.05) is 12.5 Å². The maximum atomic E-state index is 10.9. The number of benzene rings is 1. The number of halogens is 1. The van der Waals surface area contributed by atoms with Gasteiger partial charge in [-0.1, -0.05) is 28.9 Å². The van der Waals surface area contributed by atoms with Gasteiger partial charge in [-0.15, -0.1) is 0 Å². The summed E-state index contributed by atoms with van der Waals surface area (Å²) in [7, 11) is 0. The zero-order valence-electron chi connectivity index (χ0n) is 11.5. The number of likely N-dealkylation sites (tertiary alicyclic amines) is 1. The Labute approximate surface area is 127 Å². The number of aromatic nitrogens is 2. The molecular weight excluding hydrogens is 290 g/mol. The van der Waals surface area contributed by atoms with E-state index in [1.165, 1.54) is 0 Å². The summed E-state index contributed by atoms with van der Waals surface area (Å²) in [6, 6.07) is 7.38. The quantitative estimate of drug-likeness (QED) is 0.813. The molecule has 5 nitrogen and oxygen atoms in total. The van der Waals surface area contributed by atoms with Gasteiger partial charge in [0.1, 0.15) is 6.29 Å². The van der Waals surface area contributed by atoms with E-state index in [2.05, 4.69) is 15.0 Å². The number of hydrogen-bond acceptors (Lipinski definition) is 5. The third-order valence-corrected chi connectivity index (χ3v) is 4.00. The van der Waals surface area contributed by atoms with E-state index in [-0.39, 0.29) is 5.92 Å². The SMILES string of the molecule is O=CC1CCCN(Cc2noc(-c3ccccc3Cl)n2)C1. The van der Waals surface area contributed by atoms with Crippen molar-refractivity contribution in [3.8, 4) is 11.5 Å². The molecule has 2 aromatic rings. The van der Waals surface area contributed by atoms with Gasteiger partial charge >= 0.3 is 0 Å². The summed E-state index contributed by atoms with van der Waals surface area (Å²) < 4.78 is 5.28. The molecule has 0 spiro atoms. The Kier molecular flexibility index (Phi) is 4.31. The lowest BCUT2D eigenvalue weighted by Gasteiger charge is -2.28. The van der Waals surface area contributed by atoms with Crippen LogP contribution in [0.2, 0.25) is 5.02 Å². The lowest BCUT2D eigenvalue weighted by atomic mass is 10.00. The van der Waals surface area contributed by atoms with Crippen LogP contribution in [-0.4, -0.2) is 34.4 Å².